The number of sulfonamides is 1. The number of carbonyl (C=O) groups excluding carboxylic acids is 2. The number of hydrogen-bond donors (Lipinski definition) is 3. The van der Waals surface area contributed by atoms with Crippen molar-refractivity contribution in [3.8, 4) is 5.75 Å². The van der Waals surface area contributed by atoms with Crippen molar-refractivity contribution in [3.63, 3.8) is 0 Å². The van der Waals surface area contributed by atoms with E-state index in [0.717, 1.165) is 5.56 Å². The molecule has 3 N–H and O–H groups in total. The summed E-state index contributed by atoms with van der Waals surface area (Å²) in [6, 6.07) is 18.9. The van der Waals surface area contributed by atoms with Gasteiger partial charge in [0, 0.05) is 5.56 Å². The molecule has 0 aliphatic carbocycles. The van der Waals surface area contributed by atoms with E-state index in [2.05, 4.69) is 15.6 Å². The second-order valence-corrected chi connectivity index (χ2v) is 9.22. The lowest BCUT2D eigenvalue weighted by atomic mass is 10.2. The maximum absolute atomic E-state index is 12.7. The van der Waals surface area contributed by atoms with Crippen LogP contribution in [0.25, 0.3) is 0 Å². The third kappa shape index (κ3) is 6.47. The summed E-state index contributed by atoms with van der Waals surface area (Å²) in [6.45, 7) is 3.47. The molecule has 0 heterocycles. The van der Waals surface area contributed by atoms with Crippen LogP contribution < -0.4 is 20.3 Å². The second kappa shape index (κ2) is 10.4. The summed E-state index contributed by atoms with van der Waals surface area (Å²) in [5.41, 5.74) is 5.83. The minimum Gasteiger partial charge on any atom is -0.481 e. The lowest BCUT2D eigenvalue weighted by Gasteiger charge is -2.15. The molecular weight excluding hydrogens is 466 g/mol. The highest BCUT2D eigenvalue weighted by atomic mass is 35.5. The van der Waals surface area contributed by atoms with Gasteiger partial charge in [-0.05, 0) is 56.3 Å². The number of carbonyl (C=O) groups is 2. The van der Waals surface area contributed by atoms with Crippen molar-refractivity contribution < 1.29 is 22.7 Å². The highest BCUT2D eigenvalue weighted by molar-refractivity contribution is 7.92. The van der Waals surface area contributed by atoms with Crippen molar-refractivity contribution >= 4 is 39.1 Å². The zero-order valence-electron chi connectivity index (χ0n) is 17.8. The Kier molecular flexibility index (Phi) is 7.57. The summed E-state index contributed by atoms with van der Waals surface area (Å²) >= 11 is 6.01. The van der Waals surface area contributed by atoms with Crippen LogP contribution in [0.1, 0.15) is 22.8 Å². The van der Waals surface area contributed by atoms with E-state index in [0.29, 0.717) is 5.75 Å². The van der Waals surface area contributed by atoms with Gasteiger partial charge >= 0.3 is 0 Å². The van der Waals surface area contributed by atoms with Gasteiger partial charge in [0.25, 0.3) is 21.8 Å². The molecule has 0 radical (unpaired) electrons. The van der Waals surface area contributed by atoms with Crippen LogP contribution >= 0.6 is 11.6 Å². The van der Waals surface area contributed by atoms with Crippen LogP contribution in [0.4, 0.5) is 5.69 Å². The Balaban J connectivity index is 1.62. The Hall–Kier alpha value is -3.56. The minimum atomic E-state index is -4.00. The molecule has 1 unspecified atom stereocenters. The average molecular weight is 488 g/mol. The molecule has 8 nitrogen and oxygen atoms in total. The van der Waals surface area contributed by atoms with Crippen LogP contribution in [-0.4, -0.2) is 26.3 Å². The van der Waals surface area contributed by atoms with E-state index in [4.69, 9.17) is 16.3 Å². The van der Waals surface area contributed by atoms with Crippen molar-refractivity contribution in [2.75, 3.05) is 4.72 Å². The molecule has 0 aliphatic rings. The van der Waals surface area contributed by atoms with Gasteiger partial charge in [-0.3, -0.25) is 25.2 Å². The smallest absolute Gasteiger partial charge is 0.279 e. The fraction of sp³-hybridized carbons (Fsp3) is 0.130. The van der Waals surface area contributed by atoms with E-state index < -0.39 is 27.9 Å². The molecule has 3 rings (SSSR count). The quantitative estimate of drug-likeness (QED) is 0.440. The third-order valence-corrected chi connectivity index (χ3v) is 6.22. The molecule has 0 fully saturated rings. The number of benzene rings is 3. The molecule has 0 aliphatic heterocycles. The molecule has 2 amide bonds. The molecule has 10 heteroatoms. The number of aryl methyl sites for hydroxylation is 1. The third-order valence-electron chi connectivity index (χ3n) is 4.53. The molecule has 3 aromatic rings. The van der Waals surface area contributed by atoms with Gasteiger partial charge < -0.3 is 4.74 Å². The van der Waals surface area contributed by atoms with Gasteiger partial charge in [0.05, 0.1) is 15.6 Å². The monoisotopic (exact) mass is 487 g/mol. The van der Waals surface area contributed by atoms with Crippen molar-refractivity contribution in [1.29, 1.82) is 0 Å². The van der Waals surface area contributed by atoms with Gasteiger partial charge in [-0.25, -0.2) is 8.42 Å². The van der Waals surface area contributed by atoms with E-state index in [-0.39, 0.29) is 21.2 Å². The first-order chi connectivity index (χ1) is 15.7. The number of hydrogen-bond acceptors (Lipinski definition) is 5. The number of anilines is 1. The minimum absolute atomic E-state index is 0.0319. The fourth-order valence-electron chi connectivity index (χ4n) is 2.72. The second-order valence-electron chi connectivity index (χ2n) is 7.13. The Morgan fingerprint density at radius 2 is 1.64 bits per heavy atom. The predicted molar refractivity (Wildman–Crippen MR) is 126 cm³/mol. The molecule has 3 aromatic carbocycles. The first kappa shape index (κ1) is 24.1. The number of ether oxygens (including phenoxy) is 1. The van der Waals surface area contributed by atoms with Crippen LogP contribution in [0.5, 0.6) is 5.75 Å². The van der Waals surface area contributed by atoms with Gasteiger partial charge in [0.15, 0.2) is 6.10 Å². The number of para-hydroxylation sites is 1. The van der Waals surface area contributed by atoms with Crippen molar-refractivity contribution in [2.24, 2.45) is 0 Å². The summed E-state index contributed by atoms with van der Waals surface area (Å²) in [6.07, 6.45) is -0.875. The summed E-state index contributed by atoms with van der Waals surface area (Å²) in [7, 11) is -4.00. The lowest BCUT2D eigenvalue weighted by molar-refractivity contribution is -0.128. The van der Waals surface area contributed by atoms with E-state index in [9.17, 15) is 18.0 Å². The number of rotatable bonds is 7. The maximum Gasteiger partial charge on any atom is 0.279 e. The lowest BCUT2D eigenvalue weighted by Crippen LogP contribution is -2.47. The normalized spacial score (nSPS) is 11.8. The van der Waals surface area contributed by atoms with Crippen LogP contribution in [0.15, 0.2) is 77.7 Å². The predicted octanol–water partition coefficient (Wildman–Crippen LogP) is 3.68. The highest BCUT2D eigenvalue weighted by Gasteiger charge is 2.19. The van der Waals surface area contributed by atoms with Crippen molar-refractivity contribution in [3.05, 3.63) is 88.9 Å². The first-order valence-corrected chi connectivity index (χ1v) is 11.7. The van der Waals surface area contributed by atoms with E-state index in [1.165, 1.54) is 37.3 Å². The summed E-state index contributed by atoms with van der Waals surface area (Å²) < 4.78 is 33.3. The fourth-order valence-corrected chi connectivity index (χ4v) is 4.08. The molecule has 1 atom stereocenters. The zero-order chi connectivity index (χ0) is 24.0. The molecule has 0 spiro atoms. The maximum atomic E-state index is 12.7. The Bertz CT molecular complexity index is 1260. The van der Waals surface area contributed by atoms with Crippen LogP contribution in [-0.2, 0) is 14.8 Å². The number of hydrazine groups is 1. The van der Waals surface area contributed by atoms with E-state index >= 15 is 0 Å². The summed E-state index contributed by atoms with van der Waals surface area (Å²) in [5, 5.41) is 0.236. The Morgan fingerprint density at radius 3 is 2.33 bits per heavy atom. The topological polar surface area (TPSA) is 114 Å². The van der Waals surface area contributed by atoms with Crippen LogP contribution in [0.2, 0.25) is 5.02 Å². The molecule has 0 saturated carbocycles. The van der Waals surface area contributed by atoms with Crippen LogP contribution in [0, 0.1) is 6.92 Å². The molecule has 0 bridgehead atoms. The molecule has 33 heavy (non-hydrogen) atoms. The van der Waals surface area contributed by atoms with Gasteiger partial charge in [0.1, 0.15) is 5.75 Å². The number of nitrogens with one attached hydrogen (secondary N) is 3. The summed E-state index contributed by atoms with van der Waals surface area (Å²) in [4.78, 5) is 24.6. The zero-order valence-corrected chi connectivity index (χ0v) is 19.4. The molecule has 0 aromatic heterocycles. The average Bonchev–Trinajstić information content (AvgIpc) is 2.80. The van der Waals surface area contributed by atoms with Crippen LogP contribution in [0.3, 0.4) is 0 Å². The first-order valence-electron chi connectivity index (χ1n) is 9.86. The van der Waals surface area contributed by atoms with Gasteiger partial charge in [-0.15, -0.1) is 0 Å². The number of halogens is 1. The number of amides is 2. The van der Waals surface area contributed by atoms with Gasteiger partial charge in [-0.2, -0.15) is 0 Å². The van der Waals surface area contributed by atoms with Gasteiger partial charge in [0.2, 0.25) is 0 Å². The summed E-state index contributed by atoms with van der Waals surface area (Å²) in [5.74, 6) is -0.757. The Labute approximate surface area is 196 Å². The van der Waals surface area contributed by atoms with Crippen molar-refractivity contribution in [2.45, 2.75) is 24.8 Å². The highest BCUT2D eigenvalue weighted by Crippen LogP contribution is 2.24. The van der Waals surface area contributed by atoms with Gasteiger partial charge in [-0.1, -0.05) is 47.5 Å². The molecule has 172 valence electrons. The largest absolute Gasteiger partial charge is 0.481 e. The van der Waals surface area contributed by atoms with Crippen molar-refractivity contribution in [1.82, 2.24) is 10.9 Å². The molecule has 0 saturated heterocycles. The Morgan fingerprint density at radius 1 is 0.939 bits per heavy atom. The van der Waals surface area contributed by atoms with E-state index in [1.807, 2.05) is 19.1 Å². The molecular formula is C23H22ClN3O5S. The SMILES string of the molecule is Cc1ccc(OC(C)C(=O)NNC(=O)c2cccc(S(=O)(=O)Nc3ccccc3Cl)c2)cc1. The standard InChI is InChI=1S/C23H22ClN3O5S/c1-15-10-12-18(13-11-15)32-16(2)22(28)25-26-23(29)17-6-5-7-19(14-17)33(30,31)27-21-9-4-3-8-20(21)24/h3-14,16,27H,1-2H3,(H,25,28)(H,26,29). The van der Waals surface area contributed by atoms with E-state index in [1.54, 1.807) is 30.3 Å².